The monoisotopic (exact) mass is 506 g/mol. The van der Waals surface area contributed by atoms with E-state index in [2.05, 4.69) is 10.2 Å². The first-order valence-corrected chi connectivity index (χ1v) is 11.6. The third kappa shape index (κ3) is 11.1. The first kappa shape index (κ1) is 32.9. The minimum absolute atomic E-state index is 0. The maximum absolute atomic E-state index is 10.8. The topological polar surface area (TPSA) is 129 Å². The quantitative estimate of drug-likeness (QED) is 0.434. The van der Waals surface area contributed by atoms with E-state index in [-0.39, 0.29) is 18.9 Å². The number of phenols is 2. The van der Waals surface area contributed by atoms with E-state index < -0.39 is 0 Å². The Bertz CT molecular complexity index is 888. The number of hydrogen-bond acceptors (Lipinski definition) is 9. The van der Waals surface area contributed by atoms with E-state index in [1.807, 2.05) is 0 Å². The van der Waals surface area contributed by atoms with Gasteiger partial charge in [-0.15, -0.1) is 0 Å². The summed E-state index contributed by atoms with van der Waals surface area (Å²) in [5, 5.41) is 29.3. The van der Waals surface area contributed by atoms with E-state index in [0.29, 0.717) is 35.5 Å². The number of nitrogens with one attached hydrogen (secondary N) is 1. The van der Waals surface area contributed by atoms with Gasteiger partial charge in [-0.05, 0) is 82.2 Å². The molecule has 0 spiro atoms. The number of carbonyl (C=O) groups excluding carboxylic acids is 2. The van der Waals surface area contributed by atoms with Crippen molar-refractivity contribution in [2.45, 2.75) is 39.7 Å². The number of phenolic OH excluding ortho intramolecular Hbond substituents is 2. The Morgan fingerprint density at radius 1 is 0.861 bits per heavy atom. The van der Waals surface area contributed by atoms with Gasteiger partial charge in [0.05, 0.1) is 14.2 Å². The minimum atomic E-state index is 0. The average molecular weight is 507 g/mol. The van der Waals surface area contributed by atoms with Crippen molar-refractivity contribution in [1.82, 2.24) is 10.2 Å². The van der Waals surface area contributed by atoms with Crippen LogP contribution in [-0.2, 0) is 6.54 Å². The lowest BCUT2D eigenvalue weighted by atomic mass is 10.1. The number of aliphatic hydroxyl groups is 1. The van der Waals surface area contributed by atoms with E-state index in [9.17, 15) is 14.7 Å². The van der Waals surface area contributed by atoms with Crippen LogP contribution < -0.4 is 14.8 Å². The number of benzene rings is 2. The first-order valence-electron chi connectivity index (χ1n) is 11.6. The summed E-state index contributed by atoms with van der Waals surface area (Å²) < 4.78 is 9.84. The number of aldehydes is 2. The molecule has 2 aliphatic heterocycles. The minimum Gasteiger partial charge on any atom is -0.504 e. The second-order valence-electron chi connectivity index (χ2n) is 7.84. The first-order chi connectivity index (χ1) is 17.0. The van der Waals surface area contributed by atoms with Gasteiger partial charge >= 0.3 is 0 Å². The maximum atomic E-state index is 10.8. The molecule has 2 aromatic carbocycles. The lowest BCUT2D eigenvalue weighted by Crippen LogP contribution is -2.18. The number of nitrogens with zero attached hydrogens (tertiary/aromatic N) is 1. The van der Waals surface area contributed by atoms with Gasteiger partial charge in [-0.3, -0.25) is 14.5 Å². The molecule has 2 aromatic rings. The maximum Gasteiger partial charge on any atom is 0.162 e. The highest BCUT2D eigenvalue weighted by Crippen LogP contribution is 2.32. The highest BCUT2D eigenvalue weighted by Gasteiger charge is 2.16. The molecule has 0 atom stereocenters. The molecule has 4 N–H and O–H groups in total. The van der Waals surface area contributed by atoms with Crippen molar-refractivity contribution in [3.63, 3.8) is 0 Å². The smallest absolute Gasteiger partial charge is 0.162 e. The Labute approximate surface area is 214 Å². The molecule has 2 saturated heterocycles. The van der Waals surface area contributed by atoms with Crippen molar-refractivity contribution in [3.05, 3.63) is 47.0 Å². The zero-order chi connectivity index (χ0) is 26.1. The predicted octanol–water partition coefficient (Wildman–Crippen LogP) is 3.64. The summed E-state index contributed by atoms with van der Waals surface area (Å²) in [6, 6.07) is 7.69. The Hall–Kier alpha value is -3.14. The lowest BCUT2D eigenvalue weighted by Gasteiger charge is -2.17. The van der Waals surface area contributed by atoms with Crippen molar-refractivity contribution >= 4 is 12.6 Å². The summed E-state index contributed by atoms with van der Waals surface area (Å²) in [6.45, 7) is 5.27. The van der Waals surface area contributed by atoms with E-state index in [1.54, 1.807) is 12.1 Å². The molecule has 4 rings (SSSR count). The summed E-state index contributed by atoms with van der Waals surface area (Å²) in [5.74, 6) is 0.862. The number of aromatic hydroxyl groups is 2. The van der Waals surface area contributed by atoms with Gasteiger partial charge in [-0.1, -0.05) is 7.43 Å². The van der Waals surface area contributed by atoms with Crippen molar-refractivity contribution in [2.24, 2.45) is 0 Å². The molecule has 0 amide bonds. The molecule has 9 nitrogen and oxygen atoms in total. The van der Waals surface area contributed by atoms with Crippen LogP contribution in [0.3, 0.4) is 0 Å². The van der Waals surface area contributed by atoms with Gasteiger partial charge in [-0.2, -0.15) is 0 Å². The number of aliphatic hydroxyl groups excluding tert-OH is 1. The van der Waals surface area contributed by atoms with Crippen LogP contribution in [0.25, 0.3) is 0 Å². The summed E-state index contributed by atoms with van der Waals surface area (Å²) in [6.07, 6.45) is 6.65. The van der Waals surface area contributed by atoms with Crippen LogP contribution >= 0.6 is 0 Å². The molecule has 2 heterocycles. The van der Waals surface area contributed by atoms with Crippen molar-refractivity contribution in [3.8, 4) is 23.0 Å². The van der Waals surface area contributed by atoms with Gasteiger partial charge in [0.1, 0.15) is 12.6 Å². The number of rotatable bonds is 6. The average Bonchev–Trinajstić information content (AvgIpc) is 3.65. The molecule has 0 bridgehead atoms. The van der Waals surface area contributed by atoms with E-state index in [4.69, 9.17) is 19.7 Å². The predicted molar refractivity (Wildman–Crippen MR) is 142 cm³/mol. The van der Waals surface area contributed by atoms with Gasteiger partial charge in [0.2, 0.25) is 0 Å². The standard InChI is InChI=1S/C13H17NO3.C8H8O3.C4H9N.CH4O.CH4/c1-17-12-7-10(9-15)6-11(13(12)16)8-14-4-2-3-5-14;1-11-8-4-6(5-9)2-3-7(8)10;1-2-4-5-3-1;1-2;/h6-7,9,16H,2-5,8H2,1H3;2-5,10H,1H3;5H,1-4H2;2H,1H3;1H4. The second kappa shape index (κ2) is 19.1. The van der Waals surface area contributed by atoms with Crippen molar-refractivity contribution < 1.29 is 34.4 Å². The molecule has 2 aliphatic rings. The summed E-state index contributed by atoms with van der Waals surface area (Å²) in [4.78, 5) is 23.3. The highest BCUT2D eigenvalue weighted by molar-refractivity contribution is 5.77. The zero-order valence-corrected chi connectivity index (χ0v) is 20.8. The Balaban J connectivity index is 0.000000552. The highest BCUT2D eigenvalue weighted by atomic mass is 16.5. The SMILES string of the molecule is C.C1CCNC1.CO.COc1cc(C=O)cc(CN2CCCC2)c1O.COc1cc(C=O)ccc1O. The van der Waals surface area contributed by atoms with Crippen LogP contribution in [0.15, 0.2) is 30.3 Å². The zero-order valence-electron chi connectivity index (χ0n) is 20.8. The molecular formula is C27H42N2O7. The number of ether oxygens (including phenoxy) is 2. The molecule has 0 aromatic heterocycles. The van der Waals surface area contributed by atoms with Crippen LogP contribution in [0.4, 0.5) is 0 Å². The van der Waals surface area contributed by atoms with Gasteiger partial charge in [0, 0.05) is 30.3 Å². The number of hydrogen-bond donors (Lipinski definition) is 4. The summed E-state index contributed by atoms with van der Waals surface area (Å²) >= 11 is 0. The van der Waals surface area contributed by atoms with Crippen LogP contribution in [-0.4, -0.2) is 80.3 Å². The number of methoxy groups -OCH3 is 2. The van der Waals surface area contributed by atoms with Crippen molar-refractivity contribution in [1.29, 1.82) is 0 Å². The molecule has 0 saturated carbocycles. The molecule has 0 radical (unpaired) electrons. The molecule has 36 heavy (non-hydrogen) atoms. The number of likely N-dealkylation sites (tertiary alicyclic amines) is 1. The van der Waals surface area contributed by atoms with Gasteiger partial charge < -0.3 is 30.1 Å². The van der Waals surface area contributed by atoms with Gasteiger partial charge in [0.15, 0.2) is 23.0 Å². The van der Waals surface area contributed by atoms with Gasteiger partial charge in [0.25, 0.3) is 0 Å². The fourth-order valence-corrected chi connectivity index (χ4v) is 3.61. The molecule has 2 fully saturated rings. The Morgan fingerprint density at radius 3 is 1.89 bits per heavy atom. The molecule has 0 unspecified atom stereocenters. The van der Waals surface area contributed by atoms with Crippen LogP contribution in [0, 0.1) is 0 Å². The Kier molecular flexibility index (Phi) is 17.4. The molecule has 9 heteroatoms. The van der Waals surface area contributed by atoms with Crippen LogP contribution in [0.5, 0.6) is 23.0 Å². The fraction of sp³-hybridized carbons (Fsp3) is 0.481. The van der Waals surface area contributed by atoms with E-state index in [1.165, 1.54) is 71.2 Å². The van der Waals surface area contributed by atoms with Crippen molar-refractivity contribution in [2.75, 3.05) is 47.5 Å². The Morgan fingerprint density at radius 2 is 1.42 bits per heavy atom. The van der Waals surface area contributed by atoms with E-state index in [0.717, 1.165) is 32.0 Å². The van der Waals surface area contributed by atoms with Crippen LogP contribution in [0.2, 0.25) is 0 Å². The second-order valence-corrected chi connectivity index (χ2v) is 7.84. The molecule has 202 valence electrons. The third-order valence-corrected chi connectivity index (χ3v) is 5.42. The molecular weight excluding hydrogens is 464 g/mol. The number of carbonyl (C=O) groups is 2. The normalized spacial score (nSPS) is 13.9. The largest absolute Gasteiger partial charge is 0.504 e. The molecule has 0 aliphatic carbocycles. The van der Waals surface area contributed by atoms with Gasteiger partial charge in [-0.25, -0.2) is 0 Å². The third-order valence-electron chi connectivity index (χ3n) is 5.42. The fourth-order valence-electron chi connectivity index (χ4n) is 3.61. The van der Waals surface area contributed by atoms with E-state index >= 15 is 0 Å². The summed E-state index contributed by atoms with van der Waals surface area (Å²) in [5.41, 5.74) is 1.78. The lowest BCUT2D eigenvalue weighted by molar-refractivity contribution is 0.111. The van der Waals surface area contributed by atoms with Crippen LogP contribution in [0.1, 0.15) is 59.4 Å². The summed E-state index contributed by atoms with van der Waals surface area (Å²) in [7, 11) is 3.92.